The van der Waals surface area contributed by atoms with E-state index in [1.165, 1.54) is 31.6 Å². The smallest absolute Gasteiger partial charge is 0.0624 e. The van der Waals surface area contributed by atoms with Crippen molar-refractivity contribution < 1.29 is 0 Å². The molecule has 1 aliphatic heterocycles. The van der Waals surface area contributed by atoms with Gasteiger partial charge < -0.3 is 0 Å². The van der Waals surface area contributed by atoms with Crippen LogP contribution in [0, 0.1) is 0 Å². The van der Waals surface area contributed by atoms with E-state index in [0.717, 1.165) is 18.5 Å². The van der Waals surface area contributed by atoms with Gasteiger partial charge in [0.1, 0.15) is 0 Å². The fourth-order valence-electron chi connectivity index (χ4n) is 3.17. The Kier molecular flexibility index (Phi) is 4.83. The number of nitrogens with one attached hydrogen (secondary N) is 1. The number of rotatable bonds is 6. The first kappa shape index (κ1) is 15.5. The molecular formula is C15H29N5. The van der Waals surface area contributed by atoms with Crippen molar-refractivity contribution in [1.29, 1.82) is 0 Å². The third kappa shape index (κ3) is 3.05. The predicted molar refractivity (Wildman–Crippen MR) is 82.3 cm³/mol. The predicted octanol–water partition coefficient (Wildman–Crippen LogP) is 1.23. The third-order valence-corrected chi connectivity index (χ3v) is 4.78. The van der Waals surface area contributed by atoms with Crippen LogP contribution in [0.3, 0.4) is 0 Å². The summed E-state index contributed by atoms with van der Waals surface area (Å²) in [4.78, 5) is 2.55. The van der Waals surface area contributed by atoms with Crippen LogP contribution in [0.2, 0.25) is 0 Å². The van der Waals surface area contributed by atoms with Crippen molar-refractivity contribution in [2.75, 3.05) is 13.1 Å². The summed E-state index contributed by atoms with van der Waals surface area (Å²) in [6, 6.07) is 2.42. The number of hydrazine groups is 1. The van der Waals surface area contributed by atoms with E-state index in [9.17, 15) is 0 Å². The molecule has 0 aromatic carbocycles. The van der Waals surface area contributed by atoms with Gasteiger partial charge in [0, 0.05) is 30.7 Å². The second-order valence-electron chi connectivity index (χ2n) is 6.38. The molecule has 1 saturated heterocycles. The summed E-state index contributed by atoms with van der Waals surface area (Å²) in [5, 5.41) is 4.53. The Morgan fingerprint density at radius 2 is 2.05 bits per heavy atom. The highest BCUT2D eigenvalue weighted by Gasteiger charge is 2.36. The van der Waals surface area contributed by atoms with Gasteiger partial charge in [-0.05, 0) is 52.3 Å². The maximum Gasteiger partial charge on any atom is 0.0624 e. The summed E-state index contributed by atoms with van der Waals surface area (Å²) in [5.74, 6) is 5.86. The summed E-state index contributed by atoms with van der Waals surface area (Å²) in [6.07, 6.45) is 4.48. The largest absolute Gasteiger partial charge is 0.297 e. The van der Waals surface area contributed by atoms with Crippen LogP contribution in [0.25, 0.3) is 0 Å². The summed E-state index contributed by atoms with van der Waals surface area (Å²) < 4.78 is 1.99. The van der Waals surface area contributed by atoms with Crippen molar-refractivity contribution in [3.05, 3.63) is 17.5 Å². The molecule has 0 aliphatic carbocycles. The van der Waals surface area contributed by atoms with Gasteiger partial charge in [0.05, 0.1) is 5.69 Å². The van der Waals surface area contributed by atoms with E-state index >= 15 is 0 Å². The van der Waals surface area contributed by atoms with Crippen molar-refractivity contribution in [3.63, 3.8) is 0 Å². The summed E-state index contributed by atoms with van der Waals surface area (Å²) >= 11 is 0. The number of hydrogen-bond acceptors (Lipinski definition) is 4. The first-order valence-corrected chi connectivity index (χ1v) is 7.72. The van der Waals surface area contributed by atoms with Gasteiger partial charge in [-0.2, -0.15) is 5.10 Å². The monoisotopic (exact) mass is 279 g/mol. The molecule has 0 amide bonds. The number of likely N-dealkylation sites (tertiary alicyclic amines) is 1. The Hall–Kier alpha value is -0.910. The van der Waals surface area contributed by atoms with Crippen LogP contribution < -0.4 is 11.3 Å². The lowest BCUT2D eigenvalue weighted by Gasteiger charge is -2.41. The molecular weight excluding hydrogens is 250 g/mol. The number of aromatic nitrogens is 2. The lowest BCUT2D eigenvalue weighted by atomic mass is 9.89. The minimum absolute atomic E-state index is 0.0574. The van der Waals surface area contributed by atoms with Gasteiger partial charge in [-0.3, -0.25) is 20.9 Å². The summed E-state index contributed by atoms with van der Waals surface area (Å²) in [7, 11) is 2.02. The minimum atomic E-state index is 0.0574. The van der Waals surface area contributed by atoms with Crippen molar-refractivity contribution in [2.24, 2.45) is 12.9 Å². The Labute approximate surface area is 122 Å². The zero-order chi connectivity index (χ0) is 14.8. The molecule has 0 saturated carbocycles. The van der Waals surface area contributed by atoms with Crippen molar-refractivity contribution in [2.45, 2.75) is 58.0 Å². The van der Waals surface area contributed by atoms with E-state index in [2.05, 4.69) is 42.3 Å². The second-order valence-corrected chi connectivity index (χ2v) is 6.38. The fraction of sp³-hybridized carbons (Fsp3) is 0.800. The Morgan fingerprint density at radius 3 is 2.55 bits per heavy atom. The van der Waals surface area contributed by atoms with Crippen LogP contribution in [0.15, 0.2) is 6.07 Å². The topological polar surface area (TPSA) is 59.1 Å². The molecule has 2 heterocycles. The van der Waals surface area contributed by atoms with Crippen LogP contribution in [0.5, 0.6) is 0 Å². The molecule has 1 fully saturated rings. The van der Waals surface area contributed by atoms with E-state index in [1.807, 2.05) is 11.7 Å². The fourth-order valence-corrected chi connectivity index (χ4v) is 3.17. The van der Waals surface area contributed by atoms with Gasteiger partial charge in [0.2, 0.25) is 0 Å². The third-order valence-electron chi connectivity index (χ3n) is 4.78. The molecule has 0 bridgehead atoms. The molecule has 2 rings (SSSR count). The SMILES string of the molecule is CCc1cc(CC(NN)C(C)(C)N2CCCC2)n(C)n1. The van der Waals surface area contributed by atoms with Crippen LogP contribution in [-0.2, 0) is 19.9 Å². The Morgan fingerprint density at radius 1 is 1.40 bits per heavy atom. The van der Waals surface area contributed by atoms with E-state index in [4.69, 9.17) is 5.84 Å². The zero-order valence-electron chi connectivity index (χ0n) is 13.3. The zero-order valence-corrected chi connectivity index (χ0v) is 13.3. The number of hydrogen-bond donors (Lipinski definition) is 2. The molecule has 1 aromatic heterocycles. The molecule has 20 heavy (non-hydrogen) atoms. The van der Waals surface area contributed by atoms with Gasteiger partial charge in [-0.15, -0.1) is 0 Å². The lowest BCUT2D eigenvalue weighted by Crippen LogP contribution is -2.59. The van der Waals surface area contributed by atoms with Gasteiger partial charge in [0.15, 0.2) is 0 Å². The quantitative estimate of drug-likeness (QED) is 0.607. The molecule has 3 N–H and O–H groups in total. The summed E-state index contributed by atoms with van der Waals surface area (Å²) in [5.41, 5.74) is 5.49. The van der Waals surface area contributed by atoms with E-state index < -0.39 is 0 Å². The first-order chi connectivity index (χ1) is 9.48. The minimum Gasteiger partial charge on any atom is -0.297 e. The molecule has 5 nitrogen and oxygen atoms in total. The first-order valence-electron chi connectivity index (χ1n) is 7.72. The normalized spacial score (nSPS) is 18.6. The highest BCUT2D eigenvalue weighted by molar-refractivity contribution is 5.13. The Balaban J connectivity index is 2.12. The number of aryl methyl sites for hydroxylation is 2. The molecule has 1 aliphatic rings. The Bertz CT molecular complexity index is 431. The average molecular weight is 279 g/mol. The molecule has 0 radical (unpaired) electrons. The van der Waals surface area contributed by atoms with Gasteiger partial charge in [-0.25, -0.2) is 0 Å². The van der Waals surface area contributed by atoms with E-state index in [1.54, 1.807) is 0 Å². The van der Waals surface area contributed by atoms with Crippen molar-refractivity contribution in [1.82, 2.24) is 20.1 Å². The van der Waals surface area contributed by atoms with Gasteiger partial charge in [-0.1, -0.05) is 6.92 Å². The molecule has 1 atom stereocenters. The molecule has 1 unspecified atom stereocenters. The van der Waals surface area contributed by atoms with Crippen LogP contribution in [-0.4, -0.2) is 39.4 Å². The van der Waals surface area contributed by atoms with Crippen LogP contribution in [0.4, 0.5) is 0 Å². The van der Waals surface area contributed by atoms with Crippen molar-refractivity contribution in [3.8, 4) is 0 Å². The molecule has 1 aromatic rings. The number of nitrogens with two attached hydrogens (primary N) is 1. The molecule has 0 spiro atoms. The average Bonchev–Trinajstić information content (AvgIpc) is 3.05. The second kappa shape index (κ2) is 6.24. The van der Waals surface area contributed by atoms with Crippen LogP contribution in [0.1, 0.15) is 45.0 Å². The molecule has 114 valence electrons. The number of nitrogens with zero attached hydrogens (tertiary/aromatic N) is 3. The van der Waals surface area contributed by atoms with Gasteiger partial charge in [0.25, 0.3) is 0 Å². The van der Waals surface area contributed by atoms with Gasteiger partial charge >= 0.3 is 0 Å². The summed E-state index contributed by atoms with van der Waals surface area (Å²) in [6.45, 7) is 9.08. The van der Waals surface area contributed by atoms with E-state index in [-0.39, 0.29) is 11.6 Å². The highest BCUT2D eigenvalue weighted by Crippen LogP contribution is 2.26. The van der Waals surface area contributed by atoms with E-state index in [0.29, 0.717) is 0 Å². The standard InChI is InChI=1S/C15H29N5/c1-5-12-10-13(19(4)18-12)11-14(17-16)15(2,3)20-8-6-7-9-20/h10,14,17H,5-9,11,16H2,1-4H3. The van der Waals surface area contributed by atoms with Crippen LogP contribution >= 0.6 is 0 Å². The van der Waals surface area contributed by atoms with Crippen molar-refractivity contribution >= 4 is 0 Å². The lowest BCUT2D eigenvalue weighted by molar-refractivity contribution is 0.106. The molecule has 5 heteroatoms. The highest BCUT2D eigenvalue weighted by atomic mass is 15.3. The maximum absolute atomic E-state index is 5.86. The maximum atomic E-state index is 5.86.